The third kappa shape index (κ3) is 26.7. The summed E-state index contributed by atoms with van der Waals surface area (Å²) in [4.78, 5) is 227. The number of phosphoric ester groups is 1. The number of amides is 13. The lowest BCUT2D eigenvalue weighted by Crippen LogP contribution is -2.60. The normalized spacial score (nSPS) is 20.7. The van der Waals surface area contributed by atoms with Crippen LogP contribution in [0.25, 0.3) is 0 Å². The fourth-order valence-electron chi connectivity index (χ4n) is 13.8. The van der Waals surface area contributed by atoms with E-state index in [1.807, 2.05) is 0 Å². The topological polar surface area (TPSA) is 516 Å². The fraction of sp³-hybridized carbons (Fsp3) is 0.773. The van der Waals surface area contributed by atoms with Gasteiger partial charge in [-0.15, -0.1) is 0 Å². The highest BCUT2D eigenvalue weighted by Gasteiger charge is 2.47. The van der Waals surface area contributed by atoms with Crippen LogP contribution in [0.15, 0.2) is 0 Å². The van der Waals surface area contributed by atoms with Crippen molar-refractivity contribution < 1.29 is 101 Å². The molecule has 0 unspecified atom stereocenters. The average Bonchev–Trinajstić information content (AvgIpc) is 1.63. The first kappa shape index (κ1) is 84.8. The predicted molar refractivity (Wildman–Crippen MR) is 365 cm³/mol. The van der Waals surface area contributed by atoms with Gasteiger partial charge in [-0.3, -0.25) is 71.6 Å². The van der Waals surface area contributed by atoms with Gasteiger partial charge in [0.15, 0.2) is 0 Å². The number of primary amides is 1. The van der Waals surface area contributed by atoms with Gasteiger partial charge in [0.05, 0.1) is 13.2 Å². The Morgan fingerprint density at radius 1 is 0.461 bits per heavy atom. The number of carboxylic acid groups (broad SMARTS) is 2. The minimum absolute atomic E-state index is 0.0410. The molecule has 13 amide bonds. The van der Waals surface area contributed by atoms with Gasteiger partial charge in [-0.05, 0) is 123 Å². The molecule has 15 N–H and O–H groups in total. The number of unbranched alkanes of at least 4 members (excludes halogenated alkanes) is 11. The van der Waals surface area contributed by atoms with Crippen LogP contribution in [0.2, 0.25) is 0 Å². The average molecular weight is 1470 g/mol. The monoisotopic (exact) mass is 1460 g/mol. The Kier molecular flexibility index (Phi) is 35.4. The quantitative estimate of drug-likeness (QED) is 0.0261. The van der Waals surface area contributed by atoms with E-state index < -0.39 is 196 Å². The van der Waals surface area contributed by atoms with Gasteiger partial charge < -0.3 is 93.2 Å². The molecular weight excluding hydrogens is 1360 g/mol. The number of carbonyl (C=O) groups excluding carboxylic acids is 13. The molecule has 5 aliphatic rings. The molecule has 5 aliphatic heterocycles. The molecule has 0 aromatic carbocycles. The Balaban J connectivity index is 1.15. The number of aliphatic carboxylic acids is 2. The molecule has 36 heteroatoms. The second kappa shape index (κ2) is 42.6. The lowest BCUT2D eigenvalue weighted by molar-refractivity contribution is -0.150. The van der Waals surface area contributed by atoms with E-state index in [0.717, 1.165) is 30.6 Å². The molecule has 0 aromatic rings. The molecular formula is C66H109N14O21P. The van der Waals surface area contributed by atoms with Crippen LogP contribution in [-0.4, -0.2) is 252 Å². The van der Waals surface area contributed by atoms with Crippen LogP contribution in [0, 0.1) is 0 Å². The highest BCUT2D eigenvalue weighted by Crippen LogP contribution is 2.36. The maximum Gasteiger partial charge on any atom is 0.469 e. The van der Waals surface area contributed by atoms with Crippen LogP contribution in [0.5, 0.6) is 0 Å². The number of nitrogens with zero attached hydrogens (tertiary/aromatic N) is 5. The highest BCUT2D eigenvalue weighted by molar-refractivity contribution is 7.46. The molecule has 574 valence electrons. The molecule has 35 nitrogen and oxygen atoms in total. The summed E-state index contributed by atoms with van der Waals surface area (Å²) in [6.45, 7) is 3.96. The number of carbonyl (C=O) groups is 15. The van der Waals surface area contributed by atoms with E-state index in [4.69, 9.17) is 11.5 Å². The van der Waals surface area contributed by atoms with Crippen molar-refractivity contribution in [1.82, 2.24) is 61.7 Å². The number of carboxylic acids is 2. The Morgan fingerprint density at radius 2 is 0.882 bits per heavy atom. The van der Waals surface area contributed by atoms with Gasteiger partial charge in [-0.2, -0.15) is 0 Å². The Morgan fingerprint density at radius 3 is 1.37 bits per heavy atom. The van der Waals surface area contributed by atoms with Crippen LogP contribution in [-0.2, 0) is 81.0 Å². The summed E-state index contributed by atoms with van der Waals surface area (Å²) < 4.78 is 16.2. The summed E-state index contributed by atoms with van der Waals surface area (Å²) in [6, 6.07) is -14.6. The summed E-state index contributed by atoms with van der Waals surface area (Å²) in [6.07, 6.45) is 13.8. The van der Waals surface area contributed by atoms with E-state index in [1.165, 1.54) is 72.0 Å². The summed E-state index contributed by atoms with van der Waals surface area (Å²) in [7, 11) is -5.26. The van der Waals surface area contributed by atoms with Crippen molar-refractivity contribution >= 4 is 96.6 Å². The fourth-order valence-corrected chi connectivity index (χ4v) is 14.1. The van der Waals surface area contributed by atoms with Crippen molar-refractivity contribution in [1.29, 1.82) is 0 Å². The van der Waals surface area contributed by atoms with Crippen LogP contribution < -0.4 is 48.7 Å². The highest BCUT2D eigenvalue weighted by atomic mass is 31.2. The Bertz CT molecular complexity index is 2990. The molecule has 0 aliphatic carbocycles. The van der Waals surface area contributed by atoms with Crippen LogP contribution in [0.3, 0.4) is 0 Å². The van der Waals surface area contributed by atoms with Crippen molar-refractivity contribution in [3.63, 3.8) is 0 Å². The third-order valence-corrected chi connectivity index (χ3v) is 19.8. The van der Waals surface area contributed by atoms with Gasteiger partial charge in [0.1, 0.15) is 66.5 Å². The first-order valence-electron chi connectivity index (χ1n) is 36.2. The predicted octanol–water partition coefficient (Wildman–Crippen LogP) is -0.840. The zero-order valence-electron chi connectivity index (χ0n) is 59.1. The van der Waals surface area contributed by atoms with E-state index >= 15 is 0 Å². The second-order valence-electron chi connectivity index (χ2n) is 27.1. The first-order chi connectivity index (χ1) is 48.5. The molecule has 0 saturated carbocycles. The van der Waals surface area contributed by atoms with Crippen molar-refractivity contribution in [2.75, 3.05) is 52.4 Å². The van der Waals surface area contributed by atoms with E-state index in [1.54, 1.807) is 0 Å². The lowest BCUT2D eigenvalue weighted by atomic mass is 10.1. The van der Waals surface area contributed by atoms with Crippen LogP contribution in [0.1, 0.15) is 207 Å². The standard InChI is InChI=1S/C66H109N14O21P/c1-4-5-6-7-8-9-10-11-12-13-14-28-53(82)69-39-54(83)72-43(22-15-16-33-67)57(87)73-45(30-32-55(84)85)56(86)70-41(2)61(91)78-36-19-25-49(78)64(94)76-34-17-23-47(76)59(89)71-42(3)62(92)79-37-20-26-50(79)65(95)77-35-18-24-48(77)60(90)74-44(29-31-52(68)81)58(88)75-46(40-101-102(98,99)100)63(93)80-38-21-27-51(80)66(96)97/h41-51H,4-40,67H2,1-3H3,(H2,68,81)(H,69,82)(H,70,86)(H,71,89)(H,72,83)(H,73,87)(H,74,90)(H,75,88)(H,84,85)(H,96,97)(H2,98,99,100)/t41-,42-,43-,44-,45-,46-,47-,48-,49-,50-,51+/m0/s1. The van der Waals surface area contributed by atoms with Crippen molar-refractivity contribution in [3.8, 4) is 0 Å². The smallest absolute Gasteiger partial charge is 0.469 e. The molecule has 11 atom stereocenters. The number of likely N-dealkylation sites (tertiary alicyclic amines) is 5. The summed E-state index contributed by atoms with van der Waals surface area (Å²) >= 11 is 0. The van der Waals surface area contributed by atoms with Crippen molar-refractivity contribution in [3.05, 3.63) is 0 Å². The van der Waals surface area contributed by atoms with Gasteiger partial charge in [-0.1, -0.05) is 71.1 Å². The molecule has 5 fully saturated rings. The van der Waals surface area contributed by atoms with Gasteiger partial charge in [-0.25, -0.2) is 9.36 Å². The SMILES string of the molecule is CCCCCCCCCCCCCC(=O)NCC(=O)N[C@@H](CCCCN)C(=O)N[C@@H](CCC(=O)O)C(=O)N[C@@H](C)C(=O)N1CCC[C@H]1C(=O)N1CCC[C@H]1C(=O)N[C@@H](C)C(=O)N1CCC[C@H]1C(=O)N1CCC[C@H]1C(=O)N[C@@H](CCC(N)=O)C(=O)N[C@@H](COP(=O)(O)O)C(=O)N1CCC[C@@H]1C(=O)O. The maximum absolute atomic E-state index is 14.5. The lowest BCUT2D eigenvalue weighted by Gasteiger charge is -2.34. The number of nitrogens with two attached hydrogens (primary N) is 2. The third-order valence-electron chi connectivity index (χ3n) is 19.3. The molecule has 0 aromatic heterocycles. The number of phosphoric acid groups is 1. The summed E-state index contributed by atoms with van der Waals surface area (Å²) in [5.74, 6) is -12.6. The zero-order chi connectivity index (χ0) is 75.2. The second-order valence-corrected chi connectivity index (χ2v) is 28.4. The van der Waals surface area contributed by atoms with E-state index in [2.05, 4.69) is 48.7 Å². The van der Waals surface area contributed by atoms with Crippen molar-refractivity contribution in [2.45, 2.75) is 273 Å². The zero-order valence-corrected chi connectivity index (χ0v) is 60.0. The first-order valence-corrected chi connectivity index (χ1v) is 37.7. The molecule has 0 bridgehead atoms. The number of hydrogen-bond donors (Lipinski definition) is 13. The van der Waals surface area contributed by atoms with Gasteiger partial charge in [0, 0.05) is 52.0 Å². The molecule has 5 saturated heterocycles. The minimum Gasteiger partial charge on any atom is -0.481 e. The van der Waals surface area contributed by atoms with Crippen LogP contribution in [0.4, 0.5) is 0 Å². The molecule has 0 radical (unpaired) electrons. The summed E-state index contributed by atoms with van der Waals surface area (Å²) in [5.41, 5.74) is 11.1. The number of hydrogen-bond acceptors (Lipinski definition) is 18. The Hall–Kier alpha value is -7.88. The summed E-state index contributed by atoms with van der Waals surface area (Å²) in [5, 5.41) is 37.0. The van der Waals surface area contributed by atoms with Crippen LogP contribution >= 0.6 is 7.82 Å². The van der Waals surface area contributed by atoms with Gasteiger partial charge >= 0.3 is 19.8 Å². The minimum atomic E-state index is -5.26. The van der Waals surface area contributed by atoms with Crippen molar-refractivity contribution in [2.24, 2.45) is 11.5 Å². The van der Waals surface area contributed by atoms with Gasteiger partial charge in [0.2, 0.25) is 76.8 Å². The van der Waals surface area contributed by atoms with E-state index in [9.17, 15) is 96.5 Å². The number of nitrogens with one attached hydrogen (secondary N) is 7. The molecule has 5 heterocycles. The van der Waals surface area contributed by atoms with Gasteiger partial charge in [0.25, 0.3) is 0 Å². The Labute approximate surface area is 594 Å². The molecule has 102 heavy (non-hydrogen) atoms. The van der Waals surface area contributed by atoms with E-state index in [-0.39, 0.29) is 96.5 Å². The largest absolute Gasteiger partial charge is 0.481 e. The van der Waals surface area contributed by atoms with E-state index in [0.29, 0.717) is 44.9 Å². The maximum atomic E-state index is 14.5. The molecule has 5 rings (SSSR count). The molecule has 0 spiro atoms. The number of rotatable bonds is 44.